The van der Waals surface area contributed by atoms with Crippen molar-refractivity contribution in [2.75, 3.05) is 6.61 Å². The molecule has 116 valence electrons. The van der Waals surface area contributed by atoms with Gasteiger partial charge in [-0.2, -0.15) is 0 Å². The average Bonchev–Trinajstić information content (AvgIpc) is 3.15. The Morgan fingerprint density at radius 1 is 1.52 bits per heavy atom. The van der Waals surface area contributed by atoms with E-state index in [1.807, 2.05) is 12.4 Å². The fourth-order valence-corrected chi connectivity index (χ4v) is 4.99. The second-order valence-electron chi connectivity index (χ2n) is 6.21. The van der Waals surface area contributed by atoms with Crippen LogP contribution in [-0.2, 0) is 16.1 Å². The Labute approximate surface area is 130 Å². The van der Waals surface area contributed by atoms with Crippen LogP contribution >= 0.6 is 11.3 Å². The predicted octanol–water partition coefficient (Wildman–Crippen LogP) is 3.15. The van der Waals surface area contributed by atoms with E-state index in [1.165, 1.54) is 11.3 Å². The first-order valence-electron chi connectivity index (χ1n) is 7.94. The lowest BCUT2D eigenvalue weighted by Gasteiger charge is -2.34. The number of carbonyl (C=O) groups is 1. The number of rotatable bonds is 5. The quantitative estimate of drug-likeness (QED) is 0.784. The van der Waals surface area contributed by atoms with Gasteiger partial charge in [0.1, 0.15) is 0 Å². The van der Waals surface area contributed by atoms with E-state index >= 15 is 0 Å². The van der Waals surface area contributed by atoms with Crippen molar-refractivity contribution >= 4 is 17.3 Å². The van der Waals surface area contributed by atoms with Crippen LogP contribution < -0.4 is 0 Å². The molecule has 0 spiro atoms. The first-order valence-corrected chi connectivity index (χ1v) is 8.82. The Hall–Kier alpha value is -0.940. The number of thiazole rings is 1. The van der Waals surface area contributed by atoms with Crippen LogP contribution in [0.3, 0.4) is 0 Å². The Bertz CT molecular complexity index is 530. The lowest BCUT2D eigenvalue weighted by molar-refractivity contribution is -0.157. The molecule has 2 bridgehead atoms. The molecule has 1 aromatic rings. The van der Waals surface area contributed by atoms with Gasteiger partial charge in [-0.3, -0.25) is 9.69 Å². The molecule has 0 unspecified atom stereocenters. The molecule has 21 heavy (non-hydrogen) atoms. The fourth-order valence-electron chi connectivity index (χ4n) is 4.21. The summed E-state index contributed by atoms with van der Waals surface area (Å²) in [5.41, 5.74) is 2.77. The fraction of sp³-hybridized carbons (Fsp3) is 0.750. The van der Waals surface area contributed by atoms with Gasteiger partial charge < -0.3 is 4.74 Å². The van der Waals surface area contributed by atoms with Crippen molar-refractivity contribution < 1.29 is 9.53 Å². The van der Waals surface area contributed by atoms with Gasteiger partial charge in [-0.25, -0.2) is 4.98 Å². The van der Waals surface area contributed by atoms with Gasteiger partial charge in [-0.15, -0.1) is 11.3 Å². The largest absolute Gasteiger partial charge is 0.466 e. The van der Waals surface area contributed by atoms with Crippen LogP contribution in [-0.4, -0.2) is 34.5 Å². The first kappa shape index (κ1) is 15.0. The van der Waals surface area contributed by atoms with Crippen LogP contribution in [0.1, 0.15) is 50.1 Å². The smallest absolute Gasteiger partial charge is 0.313 e. The minimum absolute atomic E-state index is 0.0192. The van der Waals surface area contributed by atoms with Gasteiger partial charge in [0, 0.05) is 23.5 Å². The third-order valence-electron chi connectivity index (χ3n) is 5.36. The molecule has 1 aromatic heterocycles. The van der Waals surface area contributed by atoms with E-state index in [2.05, 4.69) is 23.7 Å². The first-order chi connectivity index (χ1) is 10.1. The van der Waals surface area contributed by atoms with Gasteiger partial charge in [0.25, 0.3) is 0 Å². The van der Waals surface area contributed by atoms with E-state index < -0.39 is 0 Å². The van der Waals surface area contributed by atoms with Crippen molar-refractivity contribution in [1.29, 1.82) is 0 Å². The van der Waals surface area contributed by atoms with Crippen LogP contribution in [0.5, 0.6) is 0 Å². The Kier molecular flexibility index (Phi) is 4.06. The third kappa shape index (κ3) is 2.30. The number of esters is 1. The molecule has 3 heterocycles. The van der Waals surface area contributed by atoms with Crippen molar-refractivity contribution in [3.8, 4) is 0 Å². The molecule has 5 heteroatoms. The van der Waals surface area contributed by atoms with Crippen molar-refractivity contribution in [1.82, 2.24) is 9.88 Å². The molecule has 3 atom stereocenters. The monoisotopic (exact) mass is 308 g/mol. The lowest BCUT2D eigenvalue weighted by Crippen LogP contribution is -2.43. The third-order valence-corrected chi connectivity index (χ3v) is 6.28. The maximum atomic E-state index is 12.5. The van der Waals surface area contributed by atoms with Crippen LogP contribution in [0.15, 0.2) is 5.51 Å². The van der Waals surface area contributed by atoms with Crippen LogP contribution in [0.25, 0.3) is 0 Å². The van der Waals surface area contributed by atoms with E-state index in [1.54, 1.807) is 11.3 Å². The summed E-state index contributed by atoms with van der Waals surface area (Å²) < 4.78 is 5.40. The summed E-state index contributed by atoms with van der Waals surface area (Å²) in [6, 6.07) is 0.869. The predicted molar refractivity (Wildman–Crippen MR) is 83.2 cm³/mol. The van der Waals surface area contributed by atoms with Crippen molar-refractivity contribution in [2.45, 2.75) is 65.1 Å². The topological polar surface area (TPSA) is 42.4 Å². The second kappa shape index (κ2) is 5.69. The average molecular weight is 308 g/mol. The van der Waals surface area contributed by atoms with Crippen LogP contribution in [0, 0.1) is 12.3 Å². The lowest BCUT2D eigenvalue weighted by atomic mass is 9.72. The van der Waals surface area contributed by atoms with Crippen molar-refractivity contribution in [3.63, 3.8) is 0 Å². The molecule has 0 saturated carbocycles. The van der Waals surface area contributed by atoms with Crippen molar-refractivity contribution in [3.05, 3.63) is 16.1 Å². The van der Waals surface area contributed by atoms with Gasteiger partial charge in [0.05, 0.1) is 23.2 Å². The summed E-state index contributed by atoms with van der Waals surface area (Å²) in [5, 5.41) is 0. The molecule has 2 saturated heterocycles. The molecule has 2 aliphatic rings. The molecule has 2 aliphatic heterocycles. The SMILES string of the molecule is CCOC(=O)[C@]1(CC)C[C@@H]2CC[C@H]1N2Cc1scnc1C. The van der Waals surface area contributed by atoms with Crippen molar-refractivity contribution in [2.24, 2.45) is 5.41 Å². The highest BCUT2D eigenvalue weighted by atomic mass is 32.1. The molecule has 0 N–H and O–H groups in total. The van der Waals surface area contributed by atoms with Crippen LogP contribution in [0.2, 0.25) is 0 Å². The summed E-state index contributed by atoms with van der Waals surface area (Å²) in [6.07, 6.45) is 4.18. The summed E-state index contributed by atoms with van der Waals surface area (Å²) in [4.78, 5) is 20.8. The van der Waals surface area contributed by atoms with Gasteiger partial charge in [0.15, 0.2) is 0 Å². The Morgan fingerprint density at radius 3 is 2.95 bits per heavy atom. The van der Waals surface area contributed by atoms with Crippen LogP contribution in [0.4, 0.5) is 0 Å². The highest BCUT2D eigenvalue weighted by Gasteiger charge is 2.59. The molecule has 3 rings (SSSR count). The second-order valence-corrected chi connectivity index (χ2v) is 7.15. The molecule has 0 amide bonds. The van der Waals surface area contributed by atoms with E-state index in [4.69, 9.17) is 4.74 Å². The molecule has 2 fully saturated rings. The zero-order valence-corrected chi connectivity index (χ0v) is 13.9. The zero-order chi connectivity index (χ0) is 15.0. The van der Waals surface area contributed by atoms with E-state index in [0.717, 1.165) is 31.5 Å². The molecular weight excluding hydrogens is 284 g/mol. The Morgan fingerprint density at radius 2 is 2.33 bits per heavy atom. The summed E-state index contributed by atoms with van der Waals surface area (Å²) in [7, 11) is 0. The van der Waals surface area contributed by atoms with Gasteiger partial charge >= 0.3 is 5.97 Å². The minimum Gasteiger partial charge on any atom is -0.466 e. The van der Waals surface area contributed by atoms with Gasteiger partial charge in [-0.1, -0.05) is 6.92 Å². The minimum atomic E-state index is -0.280. The highest BCUT2D eigenvalue weighted by Crippen LogP contribution is 2.53. The summed E-state index contributed by atoms with van der Waals surface area (Å²) in [6.45, 7) is 7.52. The van der Waals surface area contributed by atoms with Gasteiger partial charge in [0.2, 0.25) is 0 Å². The standard InChI is InChI=1S/C16H24N2O2S/c1-4-16(15(19)20-5-2)8-12-6-7-14(16)18(12)9-13-11(3)17-10-21-13/h10,12,14H,4-9H2,1-3H3/t12-,14+,16+/m0/s1. The maximum absolute atomic E-state index is 12.5. The number of aryl methyl sites for hydroxylation is 1. The maximum Gasteiger partial charge on any atom is 0.313 e. The Balaban J connectivity index is 1.82. The van der Waals surface area contributed by atoms with Gasteiger partial charge in [-0.05, 0) is 39.5 Å². The number of carbonyl (C=O) groups excluding carboxylic acids is 1. The number of nitrogens with zero attached hydrogens (tertiary/aromatic N) is 2. The van der Waals surface area contributed by atoms with E-state index in [9.17, 15) is 4.79 Å². The molecule has 0 radical (unpaired) electrons. The van der Waals surface area contributed by atoms with E-state index in [-0.39, 0.29) is 11.4 Å². The number of hydrogen-bond donors (Lipinski definition) is 0. The highest BCUT2D eigenvalue weighted by molar-refractivity contribution is 7.09. The summed E-state index contributed by atoms with van der Waals surface area (Å²) >= 11 is 1.73. The number of fused-ring (bicyclic) bond motifs is 2. The summed E-state index contributed by atoms with van der Waals surface area (Å²) in [5.74, 6) is 0.0192. The molecule has 0 aromatic carbocycles. The zero-order valence-electron chi connectivity index (χ0n) is 13.1. The molecular formula is C16H24N2O2S. The molecule has 4 nitrogen and oxygen atoms in total. The number of hydrogen-bond acceptors (Lipinski definition) is 5. The number of ether oxygens (including phenoxy) is 1. The normalized spacial score (nSPS) is 31.8. The number of aromatic nitrogens is 1. The van der Waals surface area contributed by atoms with E-state index in [0.29, 0.717) is 18.7 Å². The molecule has 0 aliphatic carbocycles.